The molecule has 8 rings (SSSR count). The minimum Gasteiger partial charge on any atom is -0.208 e. The standard InChI is InChI=1S/C37H23N3/c1-3-10-27(11-4-1)35-38-36(28-12-5-2-6-13-28)40-37(39-35)29-18-16-25-15-17-26-20-21-31-30-14-8-7-9-24(30)19-22-32(31)34(26)33(25)23-29/h1-23H. The summed E-state index contributed by atoms with van der Waals surface area (Å²) in [7, 11) is 0. The van der Waals surface area contributed by atoms with Crippen molar-refractivity contribution in [2.75, 3.05) is 0 Å². The van der Waals surface area contributed by atoms with Gasteiger partial charge in [0.2, 0.25) is 0 Å². The number of benzene rings is 7. The summed E-state index contributed by atoms with van der Waals surface area (Å²) in [6.07, 6.45) is 0. The summed E-state index contributed by atoms with van der Waals surface area (Å²) in [4.78, 5) is 14.8. The third-order valence-corrected chi connectivity index (χ3v) is 7.68. The van der Waals surface area contributed by atoms with Gasteiger partial charge in [-0.25, -0.2) is 15.0 Å². The molecule has 0 unspecified atom stereocenters. The van der Waals surface area contributed by atoms with Gasteiger partial charge in [0.15, 0.2) is 17.5 Å². The number of nitrogens with zero attached hydrogens (tertiary/aromatic N) is 3. The summed E-state index contributed by atoms with van der Waals surface area (Å²) in [5.41, 5.74) is 2.90. The van der Waals surface area contributed by atoms with Crippen molar-refractivity contribution in [3.63, 3.8) is 0 Å². The molecule has 8 aromatic rings. The van der Waals surface area contributed by atoms with E-state index in [0.29, 0.717) is 17.5 Å². The highest BCUT2D eigenvalue weighted by molar-refractivity contribution is 6.24. The van der Waals surface area contributed by atoms with Crippen LogP contribution >= 0.6 is 0 Å². The average Bonchev–Trinajstić information content (AvgIpc) is 3.04. The van der Waals surface area contributed by atoms with Gasteiger partial charge in [0, 0.05) is 16.7 Å². The second kappa shape index (κ2) is 9.11. The van der Waals surface area contributed by atoms with E-state index >= 15 is 0 Å². The quantitative estimate of drug-likeness (QED) is 0.223. The number of hydrogen-bond acceptors (Lipinski definition) is 3. The first-order valence-electron chi connectivity index (χ1n) is 13.5. The van der Waals surface area contributed by atoms with Gasteiger partial charge >= 0.3 is 0 Å². The lowest BCUT2D eigenvalue weighted by Crippen LogP contribution is -2.00. The lowest BCUT2D eigenvalue weighted by atomic mass is 9.93. The van der Waals surface area contributed by atoms with E-state index in [1.165, 1.54) is 43.1 Å². The van der Waals surface area contributed by atoms with Gasteiger partial charge in [0.25, 0.3) is 0 Å². The molecule has 40 heavy (non-hydrogen) atoms. The molecule has 0 spiro atoms. The molecule has 0 atom stereocenters. The van der Waals surface area contributed by atoms with E-state index < -0.39 is 0 Å². The summed E-state index contributed by atoms with van der Waals surface area (Å²) in [5, 5.41) is 9.90. The molecule has 0 bridgehead atoms. The Labute approximate surface area is 231 Å². The van der Waals surface area contributed by atoms with Gasteiger partial charge in [0.05, 0.1) is 0 Å². The van der Waals surface area contributed by atoms with Crippen LogP contribution in [0.2, 0.25) is 0 Å². The molecule has 0 amide bonds. The Balaban J connectivity index is 1.40. The van der Waals surface area contributed by atoms with Crippen LogP contribution in [0, 0.1) is 0 Å². The van der Waals surface area contributed by atoms with Crippen molar-refractivity contribution in [3.8, 4) is 34.2 Å². The third-order valence-electron chi connectivity index (χ3n) is 7.68. The minimum atomic E-state index is 0.664. The van der Waals surface area contributed by atoms with Crippen molar-refractivity contribution in [2.45, 2.75) is 0 Å². The largest absolute Gasteiger partial charge is 0.208 e. The number of hydrogen-bond donors (Lipinski definition) is 0. The van der Waals surface area contributed by atoms with Gasteiger partial charge < -0.3 is 0 Å². The van der Waals surface area contributed by atoms with E-state index in [0.717, 1.165) is 16.7 Å². The van der Waals surface area contributed by atoms with Crippen molar-refractivity contribution >= 4 is 43.1 Å². The lowest BCUT2D eigenvalue weighted by molar-refractivity contribution is 1.07. The molecular formula is C37H23N3. The summed E-state index contributed by atoms with van der Waals surface area (Å²) in [6, 6.07) is 48.7. The summed E-state index contributed by atoms with van der Waals surface area (Å²) < 4.78 is 0. The van der Waals surface area contributed by atoms with Crippen LogP contribution in [0.15, 0.2) is 140 Å². The summed E-state index contributed by atoms with van der Waals surface area (Å²) in [6.45, 7) is 0. The number of aromatic nitrogens is 3. The van der Waals surface area contributed by atoms with Gasteiger partial charge in [-0.3, -0.25) is 0 Å². The molecule has 0 aliphatic carbocycles. The fourth-order valence-corrected chi connectivity index (χ4v) is 5.72. The Morgan fingerprint density at radius 1 is 0.300 bits per heavy atom. The highest BCUT2D eigenvalue weighted by atomic mass is 15.0. The molecule has 0 aliphatic heterocycles. The molecule has 0 saturated carbocycles. The Bertz CT molecular complexity index is 2150. The molecule has 186 valence electrons. The van der Waals surface area contributed by atoms with Gasteiger partial charge in [-0.15, -0.1) is 0 Å². The molecule has 0 radical (unpaired) electrons. The van der Waals surface area contributed by atoms with Crippen molar-refractivity contribution in [1.29, 1.82) is 0 Å². The Hall–Kier alpha value is -5.41. The van der Waals surface area contributed by atoms with E-state index in [-0.39, 0.29) is 0 Å². The lowest BCUT2D eigenvalue weighted by Gasteiger charge is -2.12. The highest BCUT2D eigenvalue weighted by Crippen LogP contribution is 2.37. The van der Waals surface area contributed by atoms with Crippen LogP contribution in [0.4, 0.5) is 0 Å². The SMILES string of the molecule is c1ccc(-c2nc(-c3ccccc3)nc(-c3ccc4ccc5ccc6c7ccccc7ccc6c5c4c3)n2)cc1. The summed E-state index contributed by atoms with van der Waals surface area (Å²) in [5.74, 6) is 2.00. The molecule has 1 aromatic heterocycles. The first-order valence-corrected chi connectivity index (χ1v) is 13.5. The zero-order valence-corrected chi connectivity index (χ0v) is 21.6. The van der Waals surface area contributed by atoms with Crippen LogP contribution in [-0.2, 0) is 0 Å². The molecule has 3 heteroatoms. The average molecular weight is 510 g/mol. The van der Waals surface area contributed by atoms with Crippen LogP contribution in [0.5, 0.6) is 0 Å². The second-order valence-electron chi connectivity index (χ2n) is 10.1. The number of rotatable bonds is 3. The Morgan fingerprint density at radius 2 is 0.800 bits per heavy atom. The first-order chi connectivity index (χ1) is 19.8. The Kier molecular flexibility index (Phi) is 5.14. The normalized spacial score (nSPS) is 11.5. The van der Waals surface area contributed by atoms with E-state index in [4.69, 9.17) is 15.0 Å². The van der Waals surface area contributed by atoms with Crippen LogP contribution in [0.3, 0.4) is 0 Å². The molecule has 7 aromatic carbocycles. The highest BCUT2D eigenvalue weighted by Gasteiger charge is 2.14. The number of fused-ring (bicyclic) bond motifs is 7. The van der Waals surface area contributed by atoms with E-state index in [2.05, 4.69) is 78.9 Å². The fraction of sp³-hybridized carbons (Fsp3) is 0. The van der Waals surface area contributed by atoms with Gasteiger partial charge in [-0.05, 0) is 49.2 Å². The van der Waals surface area contributed by atoms with Crippen LogP contribution in [0.25, 0.3) is 77.3 Å². The van der Waals surface area contributed by atoms with Gasteiger partial charge in [-0.1, -0.05) is 133 Å². The fourth-order valence-electron chi connectivity index (χ4n) is 5.72. The molecule has 0 fully saturated rings. The second-order valence-corrected chi connectivity index (χ2v) is 10.1. The van der Waals surface area contributed by atoms with Gasteiger partial charge in [0.1, 0.15) is 0 Å². The molecule has 0 saturated heterocycles. The molecule has 0 N–H and O–H groups in total. The van der Waals surface area contributed by atoms with Gasteiger partial charge in [-0.2, -0.15) is 0 Å². The first kappa shape index (κ1) is 22.6. The van der Waals surface area contributed by atoms with Crippen LogP contribution < -0.4 is 0 Å². The molecular weight excluding hydrogens is 486 g/mol. The predicted octanol–water partition coefficient (Wildman–Crippen LogP) is 9.49. The zero-order valence-electron chi connectivity index (χ0n) is 21.6. The zero-order chi connectivity index (χ0) is 26.5. The predicted molar refractivity (Wildman–Crippen MR) is 166 cm³/mol. The maximum atomic E-state index is 4.97. The van der Waals surface area contributed by atoms with E-state index in [1.807, 2.05) is 60.7 Å². The third kappa shape index (κ3) is 3.71. The molecule has 0 aliphatic rings. The maximum Gasteiger partial charge on any atom is 0.164 e. The van der Waals surface area contributed by atoms with E-state index in [1.54, 1.807) is 0 Å². The van der Waals surface area contributed by atoms with Crippen molar-refractivity contribution in [2.24, 2.45) is 0 Å². The minimum absolute atomic E-state index is 0.664. The van der Waals surface area contributed by atoms with E-state index in [9.17, 15) is 0 Å². The van der Waals surface area contributed by atoms with Crippen molar-refractivity contribution < 1.29 is 0 Å². The monoisotopic (exact) mass is 509 g/mol. The molecule has 3 nitrogen and oxygen atoms in total. The maximum absolute atomic E-state index is 4.97. The van der Waals surface area contributed by atoms with Crippen molar-refractivity contribution in [1.82, 2.24) is 15.0 Å². The topological polar surface area (TPSA) is 38.7 Å². The Morgan fingerprint density at radius 3 is 1.52 bits per heavy atom. The molecule has 1 heterocycles. The van der Waals surface area contributed by atoms with Crippen LogP contribution in [-0.4, -0.2) is 15.0 Å². The summed E-state index contributed by atoms with van der Waals surface area (Å²) >= 11 is 0. The smallest absolute Gasteiger partial charge is 0.164 e. The van der Waals surface area contributed by atoms with Crippen LogP contribution in [0.1, 0.15) is 0 Å². The van der Waals surface area contributed by atoms with Crippen molar-refractivity contribution in [3.05, 3.63) is 140 Å².